The van der Waals surface area contributed by atoms with Crippen molar-refractivity contribution in [1.29, 1.82) is 0 Å². The number of pyridine rings is 1. The Labute approximate surface area is 141 Å². The molecule has 0 radical (unpaired) electrons. The second kappa shape index (κ2) is 6.70. The average molecular weight is 345 g/mol. The summed E-state index contributed by atoms with van der Waals surface area (Å²) in [6, 6.07) is 10.1. The van der Waals surface area contributed by atoms with E-state index in [1.54, 1.807) is 24.5 Å². The van der Waals surface area contributed by atoms with Crippen LogP contribution in [0.5, 0.6) is 0 Å². The molecule has 1 aromatic heterocycles. The predicted octanol–water partition coefficient (Wildman–Crippen LogP) is 1.79. The summed E-state index contributed by atoms with van der Waals surface area (Å²) in [5.74, 6) is -0.0882. The third kappa shape index (κ3) is 3.63. The van der Waals surface area contributed by atoms with Gasteiger partial charge in [0.2, 0.25) is 10.0 Å². The average Bonchev–Trinajstić information content (AvgIpc) is 3.45. The molecule has 1 aliphatic carbocycles. The molecule has 0 saturated heterocycles. The molecule has 6 nitrogen and oxygen atoms in total. The number of carbonyl (C=O) groups excluding carboxylic acids is 1. The van der Waals surface area contributed by atoms with Gasteiger partial charge in [-0.15, -0.1) is 0 Å². The molecule has 0 aliphatic heterocycles. The van der Waals surface area contributed by atoms with Gasteiger partial charge in [-0.1, -0.05) is 6.07 Å². The molecule has 1 fully saturated rings. The fourth-order valence-electron chi connectivity index (χ4n) is 2.50. The molecule has 2 aromatic rings. The maximum Gasteiger partial charge on any atom is 0.254 e. The zero-order chi connectivity index (χ0) is 17.2. The van der Waals surface area contributed by atoms with Gasteiger partial charge in [0.15, 0.2) is 0 Å². The number of amides is 1. The Balaban J connectivity index is 1.80. The van der Waals surface area contributed by atoms with Gasteiger partial charge in [0, 0.05) is 30.5 Å². The first-order valence-electron chi connectivity index (χ1n) is 7.75. The highest BCUT2D eigenvalue weighted by Crippen LogP contribution is 2.30. The van der Waals surface area contributed by atoms with Crippen molar-refractivity contribution in [2.24, 2.45) is 0 Å². The van der Waals surface area contributed by atoms with Crippen LogP contribution in [0.4, 0.5) is 0 Å². The lowest BCUT2D eigenvalue weighted by Gasteiger charge is -2.22. The second-order valence-corrected chi connectivity index (χ2v) is 7.64. The van der Waals surface area contributed by atoms with Crippen LogP contribution < -0.4 is 4.72 Å². The van der Waals surface area contributed by atoms with Crippen molar-refractivity contribution in [2.75, 3.05) is 7.05 Å². The Bertz CT molecular complexity index is 816. The molecule has 24 heavy (non-hydrogen) atoms. The molecule has 1 N–H and O–H groups in total. The minimum atomic E-state index is -3.50. The van der Waals surface area contributed by atoms with E-state index in [0.29, 0.717) is 12.1 Å². The zero-order valence-corrected chi connectivity index (χ0v) is 14.2. The Hall–Kier alpha value is -2.25. The number of nitrogens with zero attached hydrogens (tertiary/aromatic N) is 2. The van der Waals surface area contributed by atoms with Crippen molar-refractivity contribution in [3.63, 3.8) is 0 Å². The lowest BCUT2D eigenvalue weighted by Crippen LogP contribution is -2.32. The van der Waals surface area contributed by atoms with Crippen LogP contribution >= 0.6 is 0 Å². The first-order chi connectivity index (χ1) is 11.5. The van der Waals surface area contributed by atoms with E-state index in [1.807, 2.05) is 17.0 Å². The minimum absolute atomic E-state index is 0.0882. The maximum absolute atomic E-state index is 12.8. The summed E-state index contributed by atoms with van der Waals surface area (Å²) in [7, 11) is -2.14. The largest absolute Gasteiger partial charge is 0.331 e. The molecule has 0 bridgehead atoms. The summed E-state index contributed by atoms with van der Waals surface area (Å²) in [6.45, 7) is 0.508. The SMILES string of the molecule is CNS(=O)(=O)c1ccc(C(=O)N(Cc2cccnc2)C2CC2)cc1. The lowest BCUT2D eigenvalue weighted by atomic mass is 10.1. The summed E-state index contributed by atoms with van der Waals surface area (Å²) in [4.78, 5) is 18.9. The van der Waals surface area contributed by atoms with Gasteiger partial charge < -0.3 is 4.90 Å². The van der Waals surface area contributed by atoms with Crippen molar-refractivity contribution in [3.8, 4) is 0 Å². The number of hydrogen-bond acceptors (Lipinski definition) is 4. The van der Waals surface area contributed by atoms with Crippen LogP contribution in [0.2, 0.25) is 0 Å². The van der Waals surface area contributed by atoms with Gasteiger partial charge in [-0.05, 0) is 55.8 Å². The molecule has 1 aromatic carbocycles. The standard InChI is InChI=1S/C17H19N3O3S/c1-18-24(22,23)16-8-4-14(5-9-16)17(21)20(15-6-7-15)12-13-3-2-10-19-11-13/h2-5,8-11,15,18H,6-7,12H2,1H3. The first-order valence-corrected chi connectivity index (χ1v) is 9.23. The quantitative estimate of drug-likeness (QED) is 0.866. The summed E-state index contributed by atoms with van der Waals surface area (Å²) in [5, 5.41) is 0. The van der Waals surface area contributed by atoms with Gasteiger partial charge >= 0.3 is 0 Å². The first kappa shape index (κ1) is 16.6. The van der Waals surface area contributed by atoms with Gasteiger partial charge in [-0.3, -0.25) is 9.78 Å². The van der Waals surface area contributed by atoms with Crippen molar-refractivity contribution >= 4 is 15.9 Å². The van der Waals surface area contributed by atoms with Gasteiger partial charge in [0.25, 0.3) is 5.91 Å². The lowest BCUT2D eigenvalue weighted by molar-refractivity contribution is 0.0729. The molecule has 1 aliphatic rings. The molecule has 1 saturated carbocycles. The number of benzene rings is 1. The Morgan fingerprint density at radius 2 is 1.96 bits per heavy atom. The van der Waals surface area contributed by atoms with Gasteiger partial charge in [0.1, 0.15) is 0 Å². The van der Waals surface area contributed by atoms with Gasteiger partial charge in [-0.25, -0.2) is 13.1 Å². The minimum Gasteiger partial charge on any atom is -0.331 e. The summed E-state index contributed by atoms with van der Waals surface area (Å²) in [5.41, 5.74) is 1.47. The van der Waals surface area contributed by atoms with Crippen molar-refractivity contribution in [1.82, 2.24) is 14.6 Å². The van der Waals surface area contributed by atoms with E-state index in [0.717, 1.165) is 18.4 Å². The van der Waals surface area contributed by atoms with Gasteiger partial charge in [0.05, 0.1) is 4.90 Å². The third-order valence-electron chi connectivity index (χ3n) is 4.00. The van der Waals surface area contributed by atoms with Gasteiger partial charge in [-0.2, -0.15) is 0 Å². The van der Waals surface area contributed by atoms with Crippen molar-refractivity contribution in [2.45, 2.75) is 30.3 Å². The normalized spacial score (nSPS) is 14.4. The molecule has 0 unspecified atom stereocenters. The van der Waals surface area contributed by atoms with E-state index < -0.39 is 10.0 Å². The summed E-state index contributed by atoms with van der Waals surface area (Å²) < 4.78 is 25.8. The van der Waals surface area contributed by atoms with Crippen LogP contribution in [-0.2, 0) is 16.6 Å². The van der Waals surface area contributed by atoms with E-state index >= 15 is 0 Å². The highest BCUT2D eigenvalue weighted by atomic mass is 32.2. The second-order valence-electron chi connectivity index (χ2n) is 5.76. The summed E-state index contributed by atoms with van der Waals surface area (Å²) >= 11 is 0. The van der Waals surface area contributed by atoms with E-state index in [-0.39, 0.29) is 16.8 Å². The Kier molecular flexibility index (Phi) is 4.64. The van der Waals surface area contributed by atoms with Crippen LogP contribution in [0, 0.1) is 0 Å². The predicted molar refractivity (Wildman–Crippen MR) is 89.8 cm³/mol. The molecular formula is C17H19N3O3S. The molecule has 3 rings (SSSR count). The van der Waals surface area contributed by atoms with Crippen LogP contribution in [-0.4, -0.2) is 37.3 Å². The number of hydrogen-bond donors (Lipinski definition) is 1. The van der Waals surface area contributed by atoms with E-state index in [2.05, 4.69) is 9.71 Å². The highest BCUT2D eigenvalue weighted by molar-refractivity contribution is 7.89. The topological polar surface area (TPSA) is 79.4 Å². The number of carbonyl (C=O) groups is 1. The molecule has 7 heteroatoms. The van der Waals surface area contributed by atoms with Crippen LogP contribution in [0.3, 0.4) is 0 Å². The van der Waals surface area contributed by atoms with E-state index in [4.69, 9.17) is 0 Å². The molecule has 126 valence electrons. The highest BCUT2D eigenvalue weighted by Gasteiger charge is 2.33. The Morgan fingerprint density at radius 1 is 1.25 bits per heavy atom. The van der Waals surface area contributed by atoms with Crippen LogP contribution in [0.15, 0.2) is 53.7 Å². The molecule has 1 heterocycles. The number of aromatic nitrogens is 1. The monoisotopic (exact) mass is 345 g/mol. The summed E-state index contributed by atoms with van der Waals surface area (Å²) in [6.07, 6.45) is 5.45. The Morgan fingerprint density at radius 3 is 2.50 bits per heavy atom. The molecule has 0 spiro atoms. The van der Waals surface area contributed by atoms with Crippen LogP contribution in [0.1, 0.15) is 28.8 Å². The fraction of sp³-hybridized carbons (Fsp3) is 0.294. The molecular weight excluding hydrogens is 326 g/mol. The number of rotatable bonds is 6. The fourth-order valence-corrected chi connectivity index (χ4v) is 3.23. The van der Waals surface area contributed by atoms with Crippen LogP contribution in [0.25, 0.3) is 0 Å². The molecule has 0 atom stereocenters. The zero-order valence-electron chi connectivity index (χ0n) is 13.3. The number of nitrogens with one attached hydrogen (secondary N) is 1. The maximum atomic E-state index is 12.8. The van der Waals surface area contributed by atoms with Crippen molar-refractivity contribution < 1.29 is 13.2 Å². The van der Waals surface area contributed by atoms with Crippen molar-refractivity contribution in [3.05, 3.63) is 59.9 Å². The molecule has 1 amide bonds. The van der Waals surface area contributed by atoms with E-state index in [9.17, 15) is 13.2 Å². The smallest absolute Gasteiger partial charge is 0.254 e. The third-order valence-corrected chi connectivity index (χ3v) is 5.43. The number of sulfonamides is 1. The van der Waals surface area contributed by atoms with E-state index in [1.165, 1.54) is 19.2 Å².